The molecule has 2 heterocycles. The van der Waals surface area contributed by atoms with E-state index in [0.717, 1.165) is 43.6 Å². The fourth-order valence-corrected chi connectivity index (χ4v) is 5.04. The SMILES string of the molecule is Cc1cc(NC(=O)C(=O)N2CCCC[C@H]2C2CCC(C(C)(C)C)CC2)cnc1N. The van der Waals surface area contributed by atoms with Gasteiger partial charge in [-0.1, -0.05) is 20.8 Å². The van der Waals surface area contributed by atoms with Crippen LogP contribution < -0.4 is 11.1 Å². The van der Waals surface area contributed by atoms with Gasteiger partial charge in [0.1, 0.15) is 5.82 Å². The van der Waals surface area contributed by atoms with Crippen molar-refractivity contribution in [3.8, 4) is 0 Å². The number of aryl methyl sites for hydroxylation is 1. The predicted molar refractivity (Wildman–Crippen MR) is 116 cm³/mol. The lowest BCUT2D eigenvalue weighted by atomic mass is 9.67. The van der Waals surface area contributed by atoms with Gasteiger partial charge in [0, 0.05) is 12.6 Å². The summed E-state index contributed by atoms with van der Waals surface area (Å²) in [4.78, 5) is 31.6. The molecule has 1 atom stereocenters. The summed E-state index contributed by atoms with van der Waals surface area (Å²) < 4.78 is 0. The lowest BCUT2D eigenvalue weighted by molar-refractivity contribution is -0.147. The normalized spacial score (nSPS) is 25.5. The number of hydrogen-bond acceptors (Lipinski definition) is 4. The first-order chi connectivity index (χ1) is 13.7. The van der Waals surface area contributed by atoms with Gasteiger partial charge in [0.05, 0.1) is 11.9 Å². The van der Waals surface area contributed by atoms with E-state index in [9.17, 15) is 9.59 Å². The Balaban J connectivity index is 1.65. The summed E-state index contributed by atoms with van der Waals surface area (Å²) in [5.41, 5.74) is 7.37. The molecule has 0 radical (unpaired) electrons. The minimum atomic E-state index is -0.578. The number of pyridine rings is 1. The zero-order valence-electron chi connectivity index (χ0n) is 18.3. The molecule has 0 aromatic carbocycles. The number of carbonyl (C=O) groups excluding carboxylic acids is 2. The lowest BCUT2D eigenvalue weighted by Crippen LogP contribution is -2.52. The number of nitrogens with two attached hydrogens (primary N) is 1. The number of likely N-dealkylation sites (tertiary alicyclic amines) is 1. The highest BCUT2D eigenvalue weighted by molar-refractivity contribution is 6.39. The van der Waals surface area contributed by atoms with Crippen LogP contribution >= 0.6 is 0 Å². The molecule has 1 saturated heterocycles. The summed E-state index contributed by atoms with van der Waals surface area (Å²) in [6.07, 6.45) is 9.34. The van der Waals surface area contributed by atoms with E-state index in [-0.39, 0.29) is 6.04 Å². The average molecular weight is 401 g/mol. The molecule has 3 N–H and O–H groups in total. The third-order valence-electron chi connectivity index (χ3n) is 6.92. The van der Waals surface area contributed by atoms with E-state index in [2.05, 4.69) is 31.1 Å². The second-order valence-corrected chi connectivity index (χ2v) is 9.92. The first-order valence-corrected chi connectivity index (χ1v) is 11.0. The highest BCUT2D eigenvalue weighted by atomic mass is 16.2. The molecule has 1 aromatic heterocycles. The maximum atomic E-state index is 13.0. The molecule has 1 saturated carbocycles. The summed E-state index contributed by atoms with van der Waals surface area (Å²) in [6, 6.07) is 1.93. The van der Waals surface area contributed by atoms with Crippen molar-refractivity contribution < 1.29 is 9.59 Å². The van der Waals surface area contributed by atoms with Crippen molar-refractivity contribution in [2.45, 2.75) is 78.7 Å². The Morgan fingerprint density at radius 1 is 1.14 bits per heavy atom. The second-order valence-electron chi connectivity index (χ2n) is 9.92. The standard InChI is InChI=1S/C23H36N4O2/c1-15-13-18(14-25-20(15)24)26-21(28)22(29)27-12-6-5-7-19(27)16-8-10-17(11-9-16)23(2,3)4/h13-14,16-17,19H,5-12H2,1-4H3,(H2,24,25)(H,26,28)/t16?,17?,19-/m0/s1. The van der Waals surface area contributed by atoms with Crippen LogP contribution in [0.2, 0.25) is 0 Å². The van der Waals surface area contributed by atoms with Crippen molar-refractivity contribution in [3.63, 3.8) is 0 Å². The van der Waals surface area contributed by atoms with Gasteiger partial charge in [0.15, 0.2) is 0 Å². The van der Waals surface area contributed by atoms with Crippen LogP contribution in [0.5, 0.6) is 0 Å². The van der Waals surface area contributed by atoms with E-state index in [0.29, 0.717) is 29.4 Å². The van der Waals surface area contributed by atoms with Crippen molar-refractivity contribution in [1.29, 1.82) is 0 Å². The number of nitrogens with one attached hydrogen (secondary N) is 1. The fourth-order valence-electron chi connectivity index (χ4n) is 5.04. The van der Waals surface area contributed by atoms with Crippen LogP contribution in [0.25, 0.3) is 0 Å². The molecule has 3 rings (SSSR count). The van der Waals surface area contributed by atoms with E-state index in [4.69, 9.17) is 5.73 Å². The molecule has 2 fully saturated rings. The van der Waals surface area contributed by atoms with Crippen LogP contribution in [0.1, 0.15) is 71.3 Å². The molecule has 0 spiro atoms. The van der Waals surface area contributed by atoms with Gasteiger partial charge >= 0.3 is 11.8 Å². The topological polar surface area (TPSA) is 88.3 Å². The maximum Gasteiger partial charge on any atom is 0.313 e. The van der Waals surface area contributed by atoms with Crippen molar-refractivity contribution in [2.24, 2.45) is 17.3 Å². The van der Waals surface area contributed by atoms with E-state index in [1.165, 1.54) is 19.0 Å². The number of amides is 2. The Morgan fingerprint density at radius 3 is 2.45 bits per heavy atom. The number of carbonyl (C=O) groups is 2. The van der Waals surface area contributed by atoms with Gasteiger partial charge in [-0.3, -0.25) is 9.59 Å². The van der Waals surface area contributed by atoms with Crippen LogP contribution in [0, 0.1) is 24.2 Å². The molecule has 1 aliphatic heterocycles. The Morgan fingerprint density at radius 2 is 1.83 bits per heavy atom. The van der Waals surface area contributed by atoms with Gasteiger partial charge in [-0.2, -0.15) is 0 Å². The van der Waals surface area contributed by atoms with Crippen LogP contribution in [0.3, 0.4) is 0 Å². The zero-order chi connectivity index (χ0) is 21.2. The third kappa shape index (κ3) is 5.09. The molecule has 6 heteroatoms. The predicted octanol–water partition coefficient (Wildman–Crippen LogP) is 4.14. The molecule has 0 bridgehead atoms. The molecule has 1 aromatic rings. The van der Waals surface area contributed by atoms with Gasteiger partial charge < -0.3 is 16.0 Å². The molecule has 2 aliphatic rings. The molecule has 6 nitrogen and oxygen atoms in total. The highest BCUT2D eigenvalue weighted by Crippen LogP contribution is 2.42. The number of aromatic nitrogens is 1. The van der Waals surface area contributed by atoms with Crippen LogP contribution in [0.4, 0.5) is 11.5 Å². The zero-order valence-corrected chi connectivity index (χ0v) is 18.3. The fraction of sp³-hybridized carbons (Fsp3) is 0.696. The summed E-state index contributed by atoms with van der Waals surface area (Å²) in [6.45, 7) is 9.48. The lowest BCUT2D eigenvalue weighted by Gasteiger charge is -2.44. The number of hydrogen-bond donors (Lipinski definition) is 2. The monoisotopic (exact) mass is 400 g/mol. The van der Waals surface area contributed by atoms with E-state index in [1.807, 2.05) is 11.8 Å². The summed E-state index contributed by atoms with van der Waals surface area (Å²) in [5, 5.41) is 2.71. The molecule has 0 unspecified atom stereocenters. The first kappa shape index (κ1) is 21.6. The number of rotatable bonds is 2. The van der Waals surface area contributed by atoms with E-state index in [1.54, 1.807) is 6.07 Å². The minimum absolute atomic E-state index is 0.189. The number of piperidine rings is 1. The van der Waals surface area contributed by atoms with Gasteiger partial charge in [-0.25, -0.2) is 4.98 Å². The average Bonchev–Trinajstić information content (AvgIpc) is 2.69. The molecular weight excluding hydrogens is 364 g/mol. The van der Waals surface area contributed by atoms with Gasteiger partial charge in [0.25, 0.3) is 0 Å². The second kappa shape index (κ2) is 8.72. The van der Waals surface area contributed by atoms with Crippen LogP contribution in [-0.4, -0.2) is 34.3 Å². The quantitative estimate of drug-likeness (QED) is 0.730. The minimum Gasteiger partial charge on any atom is -0.383 e. The van der Waals surface area contributed by atoms with Gasteiger partial charge in [0.2, 0.25) is 0 Å². The van der Waals surface area contributed by atoms with Crippen molar-refractivity contribution in [3.05, 3.63) is 17.8 Å². The summed E-state index contributed by atoms with van der Waals surface area (Å²) in [5.74, 6) is 0.687. The molecule has 2 amide bonds. The van der Waals surface area contributed by atoms with Crippen molar-refractivity contribution in [2.75, 3.05) is 17.6 Å². The molecule has 1 aliphatic carbocycles. The highest BCUT2D eigenvalue weighted by Gasteiger charge is 2.38. The smallest absolute Gasteiger partial charge is 0.313 e. The van der Waals surface area contributed by atoms with Crippen molar-refractivity contribution >= 4 is 23.3 Å². The summed E-state index contributed by atoms with van der Waals surface area (Å²) >= 11 is 0. The van der Waals surface area contributed by atoms with Gasteiger partial charge in [-0.05, 0) is 80.8 Å². The first-order valence-electron chi connectivity index (χ1n) is 11.0. The van der Waals surface area contributed by atoms with Gasteiger partial charge in [-0.15, -0.1) is 0 Å². The Bertz CT molecular complexity index is 748. The van der Waals surface area contributed by atoms with E-state index < -0.39 is 11.8 Å². The van der Waals surface area contributed by atoms with Crippen LogP contribution in [-0.2, 0) is 9.59 Å². The molecular formula is C23H36N4O2. The summed E-state index contributed by atoms with van der Waals surface area (Å²) in [7, 11) is 0. The Labute approximate surface area is 174 Å². The number of anilines is 2. The maximum absolute atomic E-state index is 13.0. The van der Waals surface area contributed by atoms with E-state index >= 15 is 0 Å². The number of nitrogen functional groups attached to an aromatic ring is 1. The van der Waals surface area contributed by atoms with Crippen LogP contribution in [0.15, 0.2) is 12.3 Å². The Kier molecular flexibility index (Phi) is 6.49. The van der Waals surface area contributed by atoms with Crippen molar-refractivity contribution in [1.82, 2.24) is 9.88 Å². The largest absolute Gasteiger partial charge is 0.383 e. The number of nitrogens with zero attached hydrogens (tertiary/aromatic N) is 2. The molecule has 29 heavy (non-hydrogen) atoms. The third-order valence-corrected chi connectivity index (χ3v) is 6.92. The molecule has 160 valence electrons. The Hall–Kier alpha value is -2.11.